The highest BCUT2D eigenvalue weighted by molar-refractivity contribution is 7.89. The van der Waals surface area contributed by atoms with Crippen LogP contribution < -0.4 is 4.74 Å². The lowest BCUT2D eigenvalue weighted by atomic mass is 10.2. The van der Waals surface area contributed by atoms with Gasteiger partial charge in [-0.05, 0) is 36.8 Å². The third-order valence-electron chi connectivity index (χ3n) is 5.63. The van der Waals surface area contributed by atoms with Gasteiger partial charge in [0.15, 0.2) is 0 Å². The largest absolute Gasteiger partial charge is 0.497 e. The van der Waals surface area contributed by atoms with E-state index in [0.717, 1.165) is 28.1 Å². The maximum atomic E-state index is 13.1. The molecule has 1 aliphatic rings. The van der Waals surface area contributed by atoms with Gasteiger partial charge < -0.3 is 4.74 Å². The molecular formula is C22H24N4O5S2. The summed E-state index contributed by atoms with van der Waals surface area (Å²) < 4.78 is 32.8. The first-order valence-electron chi connectivity index (χ1n) is 10.3. The van der Waals surface area contributed by atoms with Crippen LogP contribution in [0.15, 0.2) is 52.7 Å². The van der Waals surface area contributed by atoms with Gasteiger partial charge in [0.05, 0.1) is 29.2 Å². The van der Waals surface area contributed by atoms with Crippen LogP contribution in [0, 0.1) is 17.0 Å². The van der Waals surface area contributed by atoms with Crippen LogP contribution >= 0.6 is 11.3 Å². The van der Waals surface area contributed by atoms with E-state index < -0.39 is 14.9 Å². The molecule has 0 atom stereocenters. The second-order valence-corrected chi connectivity index (χ2v) is 10.6. The average molecular weight is 489 g/mol. The molecule has 1 fully saturated rings. The van der Waals surface area contributed by atoms with Crippen molar-refractivity contribution in [3.63, 3.8) is 0 Å². The topological polar surface area (TPSA) is 106 Å². The van der Waals surface area contributed by atoms with Crippen molar-refractivity contribution in [1.29, 1.82) is 0 Å². The van der Waals surface area contributed by atoms with Crippen LogP contribution in [0.1, 0.15) is 10.6 Å². The van der Waals surface area contributed by atoms with Crippen molar-refractivity contribution in [3.8, 4) is 17.0 Å². The SMILES string of the molecule is COc1ccc(-c2csc(CN3CCN(S(=O)(=O)c4cc([N+](=O)[O-])ccc4C)CC3)n2)cc1. The molecule has 1 saturated heterocycles. The number of nitro groups is 1. The number of piperazine rings is 1. The first kappa shape index (κ1) is 23.3. The second-order valence-electron chi connectivity index (χ2n) is 7.74. The lowest BCUT2D eigenvalue weighted by Gasteiger charge is -2.33. The van der Waals surface area contributed by atoms with Crippen LogP contribution in [0.5, 0.6) is 5.75 Å². The Morgan fingerprint density at radius 3 is 2.45 bits per heavy atom. The summed E-state index contributed by atoms with van der Waals surface area (Å²) in [7, 11) is -2.17. The Morgan fingerprint density at radius 2 is 1.82 bits per heavy atom. The first-order valence-corrected chi connectivity index (χ1v) is 12.7. The van der Waals surface area contributed by atoms with Gasteiger partial charge in [-0.2, -0.15) is 4.31 Å². The number of rotatable bonds is 7. The van der Waals surface area contributed by atoms with Crippen molar-refractivity contribution in [2.24, 2.45) is 0 Å². The molecule has 9 nitrogen and oxygen atoms in total. The van der Waals surface area contributed by atoms with Crippen molar-refractivity contribution < 1.29 is 18.1 Å². The van der Waals surface area contributed by atoms with Gasteiger partial charge in [0.2, 0.25) is 10.0 Å². The number of thiazole rings is 1. The number of aromatic nitrogens is 1. The van der Waals surface area contributed by atoms with Crippen molar-refractivity contribution in [3.05, 3.63) is 68.5 Å². The van der Waals surface area contributed by atoms with Crippen molar-refractivity contribution in [1.82, 2.24) is 14.2 Å². The Bertz CT molecular complexity index is 1250. The Hall–Kier alpha value is -2.86. The van der Waals surface area contributed by atoms with Crippen LogP contribution in [0.4, 0.5) is 5.69 Å². The second kappa shape index (κ2) is 9.56. The third-order valence-corrected chi connectivity index (χ3v) is 8.50. The van der Waals surface area contributed by atoms with E-state index >= 15 is 0 Å². The van der Waals surface area contributed by atoms with Crippen LogP contribution in [0.2, 0.25) is 0 Å². The molecule has 0 spiro atoms. The van der Waals surface area contributed by atoms with Crippen LogP contribution in [-0.2, 0) is 16.6 Å². The summed E-state index contributed by atoms with van der Waals surface area (Å²) in [5, 5.41) is 14.1. The average Bonchev–Trinajstić information content (AvgIpc) is 3.28. The fourth-order valence-corrected chi connectivity index (χ4v) is 6.23. The minimum Gasteiger partial charge on any atom is -0.497 e. The van der Waals surface area contributed by atoms with Gasteiger partial charge in [0, 0.05) is 49.3 Å². The fraction of sp³-hybridized carbons (Fsp3) is 0.318. The van der Waals surface area contributed by atoms with Crippen molar-refractivity contribution in [2.45, 2.75) is 18.4 Å². The lowest BCUT2D eigenvalue weighted by Crippen LogP contribution is -2.48. The molecule has 1 aromatic heterocycles. The zero-order valence-corrected chi connectivity index (χ0v) is 19.9. The number of benzene rings is 2. The molecule has 0 amide bonds. The molecule has 0 N–H and O–H groups in total. The number of ether oxygens (including phenoxy) is 1. The van der Waals surface area contributed by atoms with Gasteiger partial charge in [0.1, 0.15) is 10.8 Å². The number of nitro benzene ring substituents is 1. The lowest BCUT2D eigenvalue weighted by molar-refractivity contribution is -0.385. The maximum absolute atomic E-state index is 13.1. The normalized spacial score (nSPS) is 15.5. The minimum absolute atomic E-state index is 0.00536. The molecular weight excluding hydrogens is 464 g/mol. The van der Waals surface area contributed by atoms with Gasteiger partial charge in [0.25, 0.3) is 5.69 Å². The molecule has 33 heavy (non-hydrogen) atoms. The maximum Gasteiger partial charge on any atom is 0.270 e. The van der Waals surface area contributed by atoms with E-state index in [9.17, 15) is 18.5 Å². The summed E-state index contributed by atoms with van der Waals surface area (Å²) >= 11 is 1.58. The predicted octanol–water partition coefficient (Wildman–Crippen LogP) is 3.54. The zero-order valence-electron chi connectivity index (χ0n) is 18.3. The van der Waals surface area contributed by atoms with Crippen LogP contribution in [-0.4, -0.2) is 60.8 Å². The van der Waals surface area contributed by atoms with E-state index in [0.29, 0.717) is 38.3 Å². The monoisotopic (exact) mass is 488 g/mol. The predicted molar refractivity (Wildman–Crippen MR) is 126 cm³/mol. The Labute approximate surface area is 196 Å². The molecule has 11 heteroatoms. The number of sulfonamides is 1. The standard InChI is InChI=1S/C22H24N4O5S2/c1-16-3-6-18(26(27)28)13-21(16)33(29,30)25-11-9-24(10-12-25)14-22-23-20(15-32-22)17-4-7-19(31-2)8-5-17/h3-8,13,15H,9-12,14H2,1-2H3. The molecule has 0 unspecified atom stereocenters. The number of hydrogen-bond donors (Lipinski definition) is 0. The van der Waals surface area contributed by atoms with Crippen LogP contribution in [0.3, 0.4) is 0 Å². The summed E-state index contributed by atoms with van der Waals surface area (Å²) in [6.07, 6.45) is 0. The Morgan fingerprint density at radius 1 is 1.12 bits per heavy atom. The highest BCUT2D eigenvalue weighted by atomic mass is 32.2. The van der Waals surface area contributed by atoms with Crippen molar-refractivity contribution >= 4 is 27.0 Å². The van der Waals surface area contributed by atoms with Crippen molar-refractivity contribution in [2.75, 3.05) is 33.3 Å². The van der Waals surface area contributed by atoms with Gasteiger partial charge in [-0.15, -0.1) is 11.3 Å². The number of methoxy groups -OCH3 is 1. The molecule has 0 saturated carbocycles. The van der Waals surface area contributed by atoms with E-state index in [1.54, 1.807) is 25.4 Å². The van der Waals surface area contributed by atoms with E-state index in [-0.39, 0.29) is 10.6 Å². The Kier molecular flexibility index (Phi) is 6.75. The molecule has 0 radical (unpaired) electrons. The number of non-ortho nitro benzene ring substituents is 1. The van der Waals surface area contributed by atoms with E-state index in [1.165, 1.54) is 16.4 Å². The molecule has 0 aliphatic carbocycles. The van der Waals surface area contributed by atoms with E-state index in [4.69, 9.17) is 9.72 Å². The number of hydrogen-bond acceptors (Lipinski definition) is 8. The number of aryl methyl sites for hydroxylation is 1. The number of nitrogens with zero attached hydrogens (tertiary/aromatic N) is 4. The molecule has 2 aromatic carbocycles. The first-order chi connectivity index (χ1) is 15.8. The smallest absolute Gasteiger partial charge is 0.270 e. The molecule has 3 aromatic rings. The zero-order chi connectivity index (χ0) is 23.6. The van der Waals surface area contributed by atoms with Crippen LogP contribution in [0.25, 0.3) is 11.3 Å². The summed E-state index contributed by atoms with van der Waals surface area (Å²) in [6, 6.07) is 11.7. The highest BCUT2D eigenvalue weighted by Crippen LogP contribution is 2.27. The summed E-state index contributed by atoms with van der Waals surface area (Å²) in [6.45, 7) is 4.05. The van der Waals surface area contributed by atoms with Gasteiger partial charge in [-0.1, -0.05) is 6.07 Å². The quantitative estimate of drug-likeness (QED) is 0.370. The molecule has 174 valence electrons. The fourth-order valence-electron chi connectivity index (χ4n) is 3.72. The molecule has 0 bridgehead atoms. The van der Waals surface area contributed by atoms with E-state index in [2.05, 4.69) is 4.90 Å². The summed E-state index contributed by atoms with van der Waals surface area (Å²) in [5.74, 6) is 0.794. The Balaban J connectivity index is 1.40. The highest BCUT2D eigenvalue weighted by Gasteiger charge is 2.31. The minimum atomic E-state index is -3.80. The summed E-state index contributed by atoms with van der Waals surface area (Å²) in [5.41, 5.74) is 2.19. The molecule has 2 heterocycles. The third kappa shape index (κ3) is 5.06. The molecule has 1 aliphatic heterocycles. The van der Waals surface area contributed by atoms with E-state index in [1.807, 2.05) is 29.6 Å². The van der Waals surface area contributed by atoms with Gasteiger partial charge in [-0.25, -0.2) is 13.4 Å². The van der Waals surface area contributed by atoms with Gasteiger partial charge in [-0.3, -0.25) is 15.0 Å². The summed E-state index contributed by atoms with van der Waals surface area (Å²) in [4.78, 5) is 17.4. The van der Waals surface area contributed by atoms with Gasteiger partial charge >= 0.3 is 0 Å². The molecule has 4 rings (SSSR count).